The van der Waals surface area contributed by atoms with Crippen molar-refractivity contribution in [1.82, 2.24) is 10.9 Å². The first-order chi connectivity index (χ1) is 9.25. The van der Waals surface area contributed by atoms with E-state index in [9.17, 15) is 4.79 Å². The second-order valence-electron chi connectivity index (χ2n) is 5.19. The Hall–Kier alpha value is -1.77. The van der Waals surface area contributed by atoms with Gasteiger partial charge in [0.1, 0.15) is 0 Å². The Bertz CT molecular complexity index is 433. The molecule has 2 N–H and O–H groups in total. The van der Waals surface area contributed by atoms with Gasteiger partial charge in [0.15, 0.2) is 0 Å². The number of hydrogen-bond acceptors (Lipinski definition) is 2. The summed E-state index contributed by atoms with van der Waals surface area (Å²) in [6, 6.07) is 10.1. The molecule has 1 saturated carbocycles. The van der Waals surface area contributed by atoms with E-state index in [-0.39, 0.29) is 11.8 Å². The molecule has 0 aromatic heterocycles. The summed E-state index contributed by atoms with van der Waals surface area (Å²) in [5.41, 5.74) is 7.87. The molecule has 1 fully saturated rings. The summed E-state index contributed by atoms with van der Waals surface area (Å²) in [5, 5.41) is 0. The summed E-state index contributed by atoms with van der Waals surface area (Å²) >= 11 is 0. The Morgan fingerprint density at radius 1 is 1.11 bits per heavy atom. The Morgan fingerprint density at radius 3 is 2.47 bits per heavy atom. The van der Waals surface area contributed by atoms with Crippen molar-refractivity contribution in [2.45, 2.75) is 39.0 Å². The fraction of sp³-hybridized carbons (Fsp3) is 0.438. The van der Waals surface area contributed by atoms with Crippen LogP contribution < -0.4 is 10.9 Å². The summed E-state index contributed by atoms with van der Waals surface area (Å²) in [4.78, 5) is 12.0. The maximum atomic E-state index is 12.0. The number of carbonyl (C=O) groups excluding carboxylic acids is 1. The molecule has 102 valence electrons. The zero-order valence-electron chi connectivity index (χ0n) is 11.5. The molecule has 0 aliphatic heterocycles. The van der Waals surface area contributed by atoms with E-state index in [1.807, 2.05) is 43.3 Å². The van der Waals surface area contributed by atoms with Gasteiger partial charge in [-0.15, -0.1) is 0 Å². The number of hydrazine groups is 1. The SMILES string of the molecule is CC(=Cc1ccccc1)NNC(=O)C1CCCCC1. The van der Waals surface area contributed by atoms with Crippen molar-refractivity contribution < 1.29 is 4.79 Å². The minimum atomic E-state index is 0.125. The lowest BCUT2D eigenvalue weighted by Gasteiger charge is -2.21. The lowest BCUT2D eigenvalue weighted by molar-refractivity contribution is -0.126. The van der Waals surface area contributed by atoms with Crippen LogP contribution in [-0.2, 0) is 4.79 Å². The van der Waals surface area contributed by atoms with Gasteiger partial charge in [0.25, 0.3) is 0 Å². The van der Waals surface area contributed by atoms with Crippen molar-refractivity contribution in [3.05, 3.63) is 41.6 Å². The van der Waals surface area contributed by atoms with E-state index in [1.54, 1.807) is 0 Å². The van der Waals surface area contributed by atoms with Crippen molar-refractivity contribution in [3.8, 4) is 0 Å². The zero-order chi connectivity index (χ0) is 13.5. The fourth-order valence-electron chi connectivity index (χ4n) is 2.46. The predicted molar refractivity (Wildman–Crippen MR) is 77.9 cm³/mol. The number of nitrogens with one attached hydrogen (secondary N) is 2. The van der Waals surface area contributed by atoms with Gasteiger partial charge >= 0.3 is 0 Å². The van der Waals surface area contributed by atoms with E-state index >= 15 is 0 Å². The summed E-state index contributed by atoms with van der Waals surface area (Å²) in [5.74, 6) is 0.311. The highest BCUT2D eigenvalue weighted by Gasteiger charge is 2.20. The van der Waals surface area contributed by atoms with Crippen LogP contribution in [0.4, 0.5) is 0 Å². The third-order valence-corrected chi connectivity index (χ3v) is 3.54. The molecule has 0 saturated heterocycles. The molecule has 0 spiro atoms. The highest BCUT2D eigenvalue weighted by Crippen LogP contribution is 2.23. The van der Waals surface area contributed by atoms with E-state index < -0.39 is 0 Å². The van der Waals surface area contributed by atoms with E-state index in [0.717, 1.165) is 24.1 Å². The van der Waals surface area contributed by atoms with Crippen LogP contribution in [0.3, 0.4) is 0 Å². The molecule has 1 amide bonds. The van der Waals surface area contributed by atoms with Crippen LogP contribution in [0.2, 0.25) is 0 Å². The van der Waals surface area contributed by atoms with Gasteiger partial charge in [0.05, 0.1) is 0 Å². The van der Waals surface area contributed by atoms with E-state index in [4.69, 9.17) is 0 Å². The number of carbonyl (C=O) groups is 1. The first-order valence-electron chi connectivity index (χ1n) is 7.05. The molecule has 1 aliphatic rings. The number of allylic oxidation sites excluding steroid dienone is 1. The van der Waals surface area contributed by atoms with Crippen LogP contribution in [0.25, 0.3) is 6.08 Å². The summed E-state index contributed by atoms with van der Waals surface area (Å²) < 4.78 is 0. The molecule has 2 rings (SSSR count). The van der Waals surface area contributed by atoms with Gasteiger partial charge in [-0.05, 0) is 31.4 Å². The molecule has 1 aromatic carbocycles. The molecule has 0 heterocycles. The van der Waals surface area contributed by atoms with Gasteiger partial charge in [-0.2, -0.15) is 0 Å². The quantitative estimate of drug-likeness (QED) is 0.814. The van der Waals surface area contributed by atoms with Crippen LogP contribution in [0.15, 0.2) is 36.0 Å². The first kappa shape index (κ1) is 13.7. The normalized spacial score (nSPS) is 17.0. The average Bonchev–Trinajstić information content (AvgIpc) is 2.47. The topological polar surface area (TPSA) is 41.1 Å². The molecule has 0 unspecified atom stereocenters. The Balaban J connectivity index is 1.81. The standard InChI is InChI=1S/C16H22N2O/c1-13(12-14-8-4-2-5-9-14)17-18-16(19)15-10-6-3-7-11-15/h2,4-5,8-9,12,15,17H,3,6-7,10-11H2,1H3,(H,18,19). The molecular formula is C16H22N2O. The monoisotopic (exact) mass is 258 g/mol. The second kappa shape index (κ2) is 6.98. The predicted octanol–water partition coefficient (Wildman–Crippen LogP) is 3.25. The van der Waals surface area contributed by atoms with Gasteiger partial charge in [0.2, 0.25) is 5.91 Å². The van der Waals surface area contributed by atoms with Gasteiger partial charge in [-0.1, -0.05) is 49.6 Å². The molecule has 0 radical (unpaired) electrons. The zero-order valence-corrected chi connectivity index (χ0v) is 11.5. The van der Waals surface area contributed by atoms with Gasteiger partial charge in [-0.25, -0.2) is 0 Å². The third kappa shape index (κ3) is 4.43. The first-order valence-corrected chi connectivity index (χ1v) is 7.05. The van der Waals surface area contributed by atoms with Crippen LogP contribution in [0.1, 0.15) is 44.6 Å². The van der Waals surface area contributed by atoms with Gasteiger partial charge < -0.3 is 5.43 Å². The van der Waals surface area contributed by atoms with E-state index in [2.05, 4.69) is 10.9 Å². The summed E-state index contributed by atoms with van der Waals surface area (Å²) in [6.45, 7) is 1.95. The lowest BCUT2D eigenvalue weighted by Crippen LogP contribution is -2.40. The lowest BCUT2D eigenvalue weighted by atomic mass is 9.89. The largest absolute Gasteiger partial charge is 0.303 e. The Morgan fingerprint density at radius 2 is 1.79 bits per heavy atom. The number of benzene rings is 1. The third-order valence-electron chi connectivity index (χ3n) is 3.54. The molecule has 1 aromatic rings. The van der Waals surface area contributed by atoms with Crippen molar-refractivity contribution in [3.63, 3.8) is 0 Å². The van der Waals surface area contributed by atoms with Crippen LogP contribution in [0, 0.1) is 5.92 Å². The summed E-state index contributed by atoms with van der Waals surface area (Å²) in [7, 11) is 0. The average molecular weight is 258 g/mol. The smallest absolute Gasteiger partial charge is 0.241 e. The number of amides is 1. The highest BCUT2D eigenvalue weighted by atomic mass is 16.2. The molecular weight excluding hydrogens is 236 g/mol. The maximum Gasteiger partial charge on any atom is 0.241 e. The van der Waals surface area contributed by atoms with Crippen LogP contribution >= 0.6 is 0 Å². The molecule has 3 heteroatoms. The second-order valence-corrected chi connectivity index (χ2v) is 5.19. The molecule has 0 atom stereocenters. The maximum absolute atomic E-state index is 12.0. The van der Waals surface area contributed by atoms with Crippen molar-refractivity contribution in [1.29, 1.82) is 0 Å². The molecule has 0 bridgehead atoms. The molecule has 3 nitrogen and oxygen atoms in total. The van der Waals surface area contributed by atoms with Crippen molar-refractivity contribution in [2.24, 2.45) is 5.92 Å². The minimum absolute atomic E-state index is 0.125. The molecule has 1 aliphatic carbocycles. The minimum Gasteiger partial charge on any atom is -0.303 e. The van der Waals surface area contributed by atoms with Gasteiger partial charge in [-0.3, -0.25) is 10.2 Å². The van der Waals surface area contributed by atoms with E-state index in [0.29, 0.717) is 0 Å². The van der Waals surface area contributed by atoms with E-state index in [1.165, 1.54) is 19.3 Å². The number of hydrogen-bond donors (Lipinski definition) is 2. The summed E-state index contributed by atoms with van der Waals surface area (Å²) in [6.07, 6.45) is 7.68. The Labute approximate surface area is 115 Å². The van der Waals surface area contributed by atoms with Crippen LogP contribution in [0.5, 0.6) is 0 Å². The Kier molecular flexibility index (Phi) is 5.01. The highest BCUT2D eigenvalue weighted by molar-refractivity contribution is 5.78. The van der Waals surface area contributed by atoms with Gasteiger partial charge in [0, 0.05) is 11.6 Å². The van der Waals surface area contributed by atoms with Crippen molar-refractivity contribution >= 4 is 12.0 Å². The number of rotatable bonds is 4. The molecule has 19 heavy (non-hydrogen) atoms. The van der Waals surface area contributed by atoms with Crippen molar-refractivity contribution in [2.75, 3.05) is 0 Å². The fourth-order valence-corrected chi connectivity index (χ4v) is 2.46. The van der Waals surface area contributed by atoms with Crippen LogP contribution in [-0.4, -0.2) is 5.91 Å².